The van der Waals surface area contributed by atoms with E-state index < -0.39 is 0 Å². The molecule has 1 amide bonds. The molecule has 0 saturated heterocycles. The summed E-state index contributed by atoms with van der Waals surface area (Å²) >= 11 is 6.58. The minimum atomic E-state index is 0.748. The van der Waals surface area contributed by atoms with Crippen LogP contribution in [0, 0.1) is 0 Å². The molecule has 1 aromatic rings. The van der Waals surface area contributed by atoms with E-state index in [-0.39, 0.29) is 0 Å². The van der Waals surface area contributed by atoms with Crippen LogP contribution in [0.3, 0.4) is 0 Å². The van der Waals surface area contributed by atoms with Crippen LogP contribution >= 0.6 is 31.9 Å². The van der Waals surface area contributed by atoms with Gasteiger partial charge in [0.05, 0.1) is 5.69 Å². The van der Waals surface area contributed by atoms with Crippen molar-refractivity contribution in [3.8, 4) is 0 Å². The van der Waals surface area contributed by atoms with Gasteiger partial charge >= 0.3 is 0 Å². The number of hydrogen-bond donors (Lipinski definition) is 1. The molecule has 0 heterocycles. The molecule has 5 heteroatoms. The van der Waals surface area contributed by atoms with E-state index in [0.717, 1.165) is 34.1 Å². The summed E-state index contributed by atoms with van der Waals surface area (Å²) < 4.78 is 1.86. The van der Waals surface area contributed by atoms with Crippen LogP contribution in [0.4, 0.5) is 5.69 Å². The molecule has 0 fully saturated rings. The van der Waals surface area contributed by atoms with E-state index in [1.807, 2.05) is 32.0 Å². The largest absolute Gasteiger partial charge is 0.397 e. The molecule has 0 bridgehead atoms. The van der Waals surface area contributed by atoms with Crippen LogP contribution in [0.15, 0.2) is 27.1 Å². The number of nitrogens with zero attached hydrogens (tertiary/aromatic N) is 1. The van der Waals surface area contributed by atoms with Crippen LogP contribution in [-0.4, -0.2) is 24.4 Å². The second-order valence-electron chi connectivity index (χ2n) is 2.96. The second kappa shape index (κ2) is 8.58. The molecule has 0 aliphatic rings. The van der Waals surface area contributed by atoms with Gasteiger partial charge in [-0.05, 0) is 57.8 Å². The summed E-state index contributed by atoms with van der Waals surface area (Å²) in [6.45, 7) is 5.55. The van der Waals surface area contributed by atoms with Crippen LogP contribution in [0.5, 0.6) is 0 Å². The number of anilines is 1. The van der Waals surface area contributed by atoms with E-state index in [1.54, 1.807) is 4.90 Å². The number of hydrogen-bond acceptors (Lipinski definition) is 2. The highest BCUT2D eigenvalue weighted by molar-refractivity contribution is 9.11. The van der Waals surface area contributed by atoms with Crippen LogP contribution in [-0.2, 0) is 4.79 Å². The third-order valence-electron chi connectivity index (χ3n) is 1.96. The minimum absolute atomic E-state index is 0.748. The Bertz CT molecular complexity index is 308. The van der Waals surface area contributed by atoms with E-state index in [9.17, 15) is 4.79 Å². The number of rotatable bonds is 3. The summed E-state index contributed by atoms with van der Waals surface area (Å²) in [5, 5.41) is 0. The topological polar surface area (TPSA) is 46.3 Å². The van der Waals surface area contributed by atoms with Gasteiger partial charge in [-0.1, -0.05) is 6.07 Å². The van der Waals surface area contributed by atoms with Gasteiger partial charge in [-0.3, -0.25) is 4.79 Å². The molecule has 1 aromatic carbocycles. The highest BCUT2D eigenvalue weighted by Gasteiger charge is 1.96. The lowest BCUT2D eigenvalue weighted by Crippen LogP contribution is -2.19. The molecule has 0 aliphatic carbocycles. The monoisotopic (exact) mass is 350 g/mol. The molecule has 0 spiro atoms. The first-order valence-electron chi connectivity index (χ1n) is 4.95. The summed E-state index contributed by atoms with van der Waals surface area (Å²) in [4.78, 5) is 11.6. The van der Waals surface area contributed by atoms with Crippen molar-refractivity contribution in [2.75, 3.05) is 18.8 Å². The van der Waals surface area contributed by atoms with Crippen LogP contribution in [0.25, 0.3) is 0 Å². The molecular formula is C11H16Br2N2O. The number of carbonyl (C=O) groups excluding carboxylic acids is 1. The zero-order chi connectivity index (χ0) is 12.6. The Morgan fingerprint density at radius 2 is 1.69 bits per heavy atom. The Morgan fingerprint density at radius 1 is 1.25 bits per heavy atom. The van der Waals surface area contributed by atoms with Gasteiger partial charge < -0.3 is 10.6 Å². The Balaban J connectivity index is 0.000000293. The fourth-order valence-electron chi connectivity index (χ4n) is 0.883. The number of amides is 1. The summed E-state index contributed by atoms with van der Waals surface area (Å²) in [7, 11) is 0. The highest BCUT2D eigenvalue weighted by atomic mass is 79.9. The molecule has 0 atom stereocenters. The third-order valence-corrected chi connectivity index (χ3v) is 3.34. The van der Waals surface area contributed by atoms with Gasteiger partial charge in [-0.15, -0.1) is 0 Å². The van der Waals surface area contributed by atoms with Crippen molar-refractivity contribution in [3.05, 3.63) is 27.1 Å². The second-order valence-corrected chi connectivity index (χ2v) is 4.67. The average molecular weight is 352 g/mol. The summed E-state index contributed by atoms with van der Waals surface area (Å²) in [6, 6.07) is 5.73. The summed E-state index contributed by atoms with van der Waals surface area (Å²) in [5.41, 5.74) is 6.34. The quantitative estimate of drug-likeness (QED) is 0.671. The number of carbonyl (C=O) groups is 1. The normalized spacial score (nSPS) is 9.00. The predicted octanol–water partition coefficient (Wildman–Crippen LogP) is 3.28. The Hall–Kier alpha value is -0.550. The molecule has 16 heavy (non-hydrogen) atoms. The van der Waals surface area contributed by atoms with E-state index in [2.05, 4.69) is 31.9 Å². The molecule has 1 rings (SSSR count). The fourth-order valence-corrected chi connectivity index (χ4v) is 1.88. The Labute approximate surface area is 113 Å². The first kappa shape index (κ1) is 15.4. The Kier molecular flexibility index (Phi) is 8.29. The van der Waals surface area contributed by atoms with Crippen molar-refractivity contribution in [1.29, 1.82) is 0 Å². The zero-order valence-electron chi connectivity index (χ0n) is 9.41. The first-order chi connectivity index (χ1) is 7.56. The van der Waals surface area contributed by atoms with Gasteiger partial charge in [0.15, 0.2) is 0 Å². The molecule has 0 unspecified atom stereocenters. The highest BCUT2D eigenvalue weighted by Crippen LogP contribution is 2.26. The van der Waals surface area contributed by atoms with Crippen LogP contribution in [0.2, 0.25) is 0 Å². The standard InChI is InChI=1S/C6H5Br2N.C5H11NO/c7-4-2-1-3-5(8)6(4)9;1-3-6(4-2)5-7/h1-3H,9H2;5H,3-4H2,1-2H3. The lowest BCUT2D eigenvalue weighted by molar-refractivity contribution is -0.117. The lowest BCUT2D eigenvalue weighted by Gasteiger charge is -2.08. The Morgan fingerprint density at radius 3 is 1.88 bits per heavy atom. The minimum Gasteiger partial charge on any atom is -0.397 e. The van der Waals surface area contributed by atoms with Crippen molar-refractivity contribution in [1.82, 2.24) is 4.90 Å². The predicted molar refractivity (Wildman–Crippen MR) is 75.2 cm³/mol. The number of benzene rings is 1. The molecule has 0 aromatic heterocycles. The molecular weight excluding hydrogens is 336 g/mol. The zero-order valence-corrected chi connectivity index (χ0v) is 12.6. The van der Waals surface area contributed by atoms with Gasteiger partial charge in [-0.25, -0.2) is 0 Å². The molecule has 90 valence electrons. The number of halogens is 2. The maximum Gasteiger partial charge on any atom is 0.209 e. The maximum atomic E-state index is 9.89. The van der Waals surface area contributed by atoms with Crippen LogP contribution in [0.1, 0.15) is 13.8 Å². The fraction of sp³-hybridized carbons (Fsp3) is 0.364. The maximum absolute atomic E-state index is 9.89. The smallest absolute Gasteiger partial charge is 0.209 e. The van der Waals surface area contributed by atoms with Gasteiger partial charge in [0.1, 0.15) is 0 Å². The summed E-state index contributed by atoms with van der Waals surface area (Å²) in [6.07, 6.45) is 0.861. The van der Waals surface area contributed by atoms with Gasteiger partial charge in [-0.2, -0.15) is 0 Å². The van der Waals surface area contributed by atoms with E-state index in [1.165, 1.54) is 0 Å². The lowest BCUT2D eigenvalue weighted by atomic mass is 10.3. The van der Waals surface area contributed by atoms with E-state index >= 15 is 0 Å². The number of nitrogen functional groups attached to an aromatic ring is 1. The SMILES string of the molecule is CCN(C=O)CC.Nc1c(Br)cccc1Br. The third kappa shape index (κ3) is 5.51. The first-order valence-corrected chi connectivity index (χ1v) is 6.54. The molecule has 0 aliphatic heterocycles. The van der Waals surface area contributed by atoms with Gasteiger partial charge in [0.25, 0.3) is 0 Å². The molecule has 2 N–H and O–H groups in total. The van der Waals surface area contributed by atoms with Gasteiger partial charge in [0.2, 0.25) is 6.41 Å². The van der Waals surface area contributed by atoms with E-state index in [4.69, 9.17) is 5.73 Å². The van der Waals surface area contributed by atoms with Crippen molar-refractivity contribution < 1.29 is 4.79 Å². The molecule has 0 saturated carbocycles. The van der Waals surface area contributed by atoms with Crippen molar-refractivity contribution >= 4 is 44.0 Å². The van der Waals surface area contributed by atoms with Crippen molar-refractivity contribution in [3.63, 3.8) is 0 Å². The van der Waals surface area contributed by atoms with E-state index in [0.29, 0.717) is 0 Å². The molecule has 0 radical (unpaired) electrons. The van der Waals surface area contributed by atoms with Crippen LogP contribution < -0.4 is 5.73 Å². The number of para-hydroxylation sites is 1. The van der Waals surface area contributed by atoms with Crippen molar-refractivity contribution in [2.24, 2.45) is 0 Å². The van der Waals surface area contributed by atoms with Gasteiger partial charge in [0, 0.05) is 22.0 Å². The molecule has 3 nitrogen and oxygen atoms in total. The average Bonchev–Trinajstić information content (AvgIpc) is 2.29. The number of nitrogens with two attached hydrogens (primary N) is 1. The van der Waals surface area contributed by atoms with Crippen molar-refractivity contribution in [2.45, 2.75) is 13.8 Å². The summed E-state index contributed by atoms with van der Waals surface area (Å²) in [5.74, 6) is 0.